The number of rotatable bonds is 10. The van der Waals surface area contributed by atoms with Gasteiger partial charge in [0.25, 0.3) is 0 Å². The Hall–Kier alpha value is -4.41. The number of likely N-dealkylation sites (N-methyl/N-ethyl adjacent to an activating group) is 1. The molecule has 2 aromatic carbocycles. The van der Waals surface area contributed by atoms with Crippen LogP contribution in [0.25, 0.3) is 10.9 Å². The Morgan fingerprint density at radius 2 is 2.23 bits per heavy atom. The number of benzene rings is 2. The van der Waals surface area contributed by atoms with Gasteiger partial charge in [0.05, 0.1) is 35.7 Å². The zero-order chi connectivity index (χ0) is 27.8. The minimum absolute atomic E-state index is 0.0825. The molecule has 9 heteroatoms. The van der Waals surface area contributed by atoms with Crippen LogP contribution >= 0.6 is 0 Å². The molecule has 1 aromatic heterocycles. The van der Waals surface area contributed by atoms with Crippen molar-refractivity contribution >= 4 is 33.9 Å². The van der Waals surface area contributed by atoms with Gasteiger partial charge in [-0.1, -0.05) is 18.1 Å². The van der Waals surface area contributed by atoms with E-state index in [1.54, 1.807) is 25.3 Å². The fourth-order valence-electron chi connectivity index (χ4n) is 4.08. The summed E-state index contributed by atoms with van der Waals surface area (Å²) in [6.07, 6.45) is 10.8. The molecule has 2 N–H and O–H groups in total. The normalized spacial score (nSPS) is 15.7. The molecule has 0 spiro atoms. The molecule has 9 nitrogen and oxygen atoms in total. The third-order valence-electron chi connectivity index (χ3n) is 6.45. The summed E-state index contributed by atoms with van der Waals surface area (Å²) in [5, 5.41) is 16.7. The van der Waals surface area contributed by atoms with Gasteiger partial charge in [0.2, 0.25) is 5.91 Å². The van der Waals surface area contributed by atoms with Crippen molar-refractivity contribution in [2.45, 2.75) is 25.7 Å². The van der Waals surface area contributed by atoms with E-state index in [2.05, 4.69) is 27.6 Å². The Morgan fingerprint density at radius 1 is 1.38 bits per heavy atom. The van der Waals surface area contributed by atoms with E-state index in [4.69, 9.17) is 20.6 Å². The molecule has 3 aromatic rings. The number of pyridine rings is 1. The number of carbonyl (C=O) groups is 1. The van der Waals surface area contributed by atoms with E-state index in [0.29, 0.717) is 58.9 Å². The van der Waals surface area contributed by atoms with E-state index >= 15 is 0 Å². The Bertz CT molecular complexity index is 1450. The highest BCUT2D eigenvalue weighted by Gasteiger charge is 2.21. The first-order chi connectivity index (χ1) is 18.9. The first-order valence-corrected chi connectivity index (χ1v) is 12.6. The van der Waals surface area contributed by atoms with Crippen molar-refractivity contribution in [1.82, 2.24) is 9.88 Å². The summed E-state index contributed by atoms with van der Waals surface area (Å²) < 4.78 is 17.0. The number of aromatic nitrogens is 1. The van der Waals surface area contributed by atoms with Gasteiger partial charge < -0.3 is 24.8 Å². The van der Waals surface area contributed by atoms with Crippen LogP contribution in [0.5, 0.6) is 5.75 Å². The quantitative estimate of drug-likeness (QED) is 0.228. The number of fused-ring (bicyclic) bond motifs is 1. The van der Waals surface area contributed by atoms with Crippen molar-refractivity contribution in [2.75, 3.05) is 44.5 Å². The Labute approximate surface area is 228 Å². The fraction of sp³-hybridized carbons (Fsp3) is 0.300. The molecule has 1 amide bonds. The van der Waals surface area contributed by atoms with Gasteiger partial charge in [-0.2, -0.15) is 5.26 Å². The average molecular weight is 526 g/mol. The SMILES string of the molecule is C#Cc1cccc(Nc2c(C#N)cnc3cc(OC4CCOC4)c(NC(=O)C=CCN(C)[C@H](C)OC)cc23)c1. The summed E-state index contributed by atoms with van der Waals surface area (Å²) in [5.41, 5.74) is 3.38. The van der Waals surface area contributed by atoms with E-state index in [0.717, 1.165) is 12.1 Å². The molecule has 2 heterocycles. The summed E-state index contributed by atoms with van der Waals surface area (Å²) in [7, 11) is 3.54. The van der Waals surface area contributed by atoms with Crippen LogP contribution in [0, 0.1) is 23.7 Å². The minimum Gasteiger partial charge on any atom is -0.486 e. The number of amides is 1. The van der Waals surface area contributed by atoms with Gasteiger partial charge in [0, 0.05) is 55.1 Å². The van der Waals surface area contributed by atoms with Gasteiger partial charge in [0.15, 0.2) is 0 Å². The molecule has 0 aliphatic carbocycles. The molecule has 0 radical (unpaired) electrons. The number of methoxy groups -OCH3 is 1. The standard InChI is InChI=1S/C30H31N5O4/c1-5-21-8-6-9-23(14-21)33-30-22(17-31)18-32-26-16-28(39-24-11-13-38-19-24)27(15-25(26)30)34-29(36)10-7-12-35(3)20(2)37-4/h1,6-10,14-16,18,20,24H,11-13,19H2,2-4H3,(H,32,33)(H,34,36)/t20-,24?/m0/s1. The third-order valence-corrected chi connectivity index (χ3v) is 6.45. The number of nitrogens with zero attached hydrogens (tertiary/aromatic N) is 3. The second-order valence-electron chi connectivity index (χ2n) is 9.14. The van der Waals surface area contributed by atoms with Crippen LogP contribution in [0.2, 0.25) is 0 Å². The number of terminal acetylenes is 1. The summed E-state index contributed by atoms with van der Waals surface area (Å²) in [5.74, 6) is 2.77. The lowest BCUT2D eigenvalue weighted by Gasteiger charge is -2.21. The van der Waals surface area contributed by atoms with Crippen molar-refractivity contribution in [3.05, 3.63) is 65.9 Å². The number of hydrogen-bond donors (Lipinski definition) is 2. The van der Waals surface area contributed by atoms with Crippen molar-refractivity contribution in [3.63, 3.8) is 0 Å². The van der Waals surface area contributed by atoms with E-state index in [9.17, 15) is 10.1 Å². The monoisotopic (exact) mass is 525 g/mol. The average Bonchev–Trinajstić information content (AvgIpc) is 3.46. The molecule has 2 atom stereocenters. The Morgan fingerprint density at radius 3 is 2.95 bits per heavy atom. The maximum absolute atomic E-state index is 12.9. The van der Waals surface area contributed by atoms with E-state index in [1.807, 2.05) is 43.1 Å². The molecule has 1 unspecified atom stereocenters. The highest BCUT2D eigenvalue weighted by molar-refractivity contribution is 6.04. The molecule has 0 saturated carbocycles. The molecule has 200 valence electrons. The van der Waals surface area contributed by atoms with Gasteiger partial charge in [-0.3, -0.25) is 14.7 Å². The number of anilines is 3. The minimum atomic E-state index is -0.319. The number of carbonyl (C=O) groups excluding carboxylic acids is 1. The zero-order valence-electron chi connectivity index (χ0n) is 22.2. The number of nitrogens with one attached hydrogen (secondary N) is 2. The maximum atomic E-state index is 12.9. The molecule has 39 heavy (non-hydrogen) atoms. The lowest BCUT2D eigenvalue weighted by molar-refractivity contribution is -0.112. The van der Waals surface area contributed by atoms with Crippen LogP contribution in [0.15, 0.2) is 54.7 Å². The molecule has 0 bridgehead atoms. The largest absolute Gasteiger partial charge is 0.486 e. The summed E-state index contributed by atoms with van der Waals surface area (Å²) in [4.78, 5) is 19.3. The number of nitriles is 1. The van der Waals surface area contributed by atoms with Crippen LogP contribution in [-0.2, 0) is 14.3 Å². The van der Waals surface area contributed by atoms with Gasteiger partial charge in [-0.15, -0.1) is 6.42 Å². The van der Waals surface area contributed by atoms with Crippen LogP contribution in [0.1, 0.15) is 24.5 Å². The molecular formula is C30H31N5O4. The second kappa shape index (κ2) is 12.9. The summed E-state index contributed by atoms with van der Waals surface area (Å²) in [6.45, 7) is 3.54. The molecule has 1 fully saturated rings. The molecule has 1 aliphatic heterocycles. The van der Waals surface area contributed by atoms with Crippen molar-refractivity contribution < 1.29 is 19.0 Å². The predicted molar refractivity (Wildman–Crippen MR) is 151 cm³/mol. The first kappa shape index (κ1) is 27.6. The van der Waals surface area contributed by atoms with E-state index in [-0.39, 0.29) is 18.2 Å². The lowest BCUT2D eigenvalue weighted by Crippen LogP contribution is -2.30. The summed E-state index contributed by atoms with van der Waals surface area (Å²) >= 11 is 0. The lowest BCUT2D eigenvalue weighted by atomic mass is 10.1. The Balaban J connectivity index is 1.70. The topological polar surface area (TPSA) is 109 Å². The van der Waals surface area contributed by atoms with E-state index < -0.39 is 0 Å². The number of ether oxygens (including phenoxy) is 3. The van der Waals surface area contributed by atoms with Gasteiger partial charge >= 0.3 is 0 Å². The van der Waals surface area contributed by atoms with E-state index in [1.165, 1.54) is 12.3 Å². The van der Waals surface area contributed by atoms with Crippen LogP contribution in [0.4, 0.5) is 17.1 Å². The molecular weight excluding hydrogens is 494 g/mol. The summed E-state index contributed by atoms with van der Waals surface area (Å²) in [6, 6.07) is 13.1. The van der Waals surface area contributed by atoms with Gasteiger partial charge in [-0.25, -0.2) is 0 Å². The van der Waals surface area contributed by atoms with Crippen LogP contribution in [0.3, 0.4) is 0 Å². The number of hydrogen-bond acceptors (Lipinski definition) is 8. The van der Waals surface area contributed by atoms with Crippen molar-refractivity contribution in [1.29, 1.82) is 5.26 Å². The first-order valence-electron chi connectivity index (χ1n) is 12.6. The molecule has 1 saturated heterocycles. The van der Waals surface area contributed by atoms with Crippen LogP contribution in [-0.4, -0.2) is 62.0 Å². The zero-order valence-corrected chi connectivity index (χ0v) is 22.2. The predicted octanol–water partition coefficient (Wildman–Crippen LogP) is 4.42. The van der Waals surface area contributed by atoms with Gasteiger partial charge in [-0.05, 0) is 38.2 Å². The van der Waals surface area contributed by atoms with Crippen LogP contribution < -0.4 is 15.4 Å². The second-order valence-corrected chi connectivity index (χ2v) is 9.14. The van der Waals surface area contributed by atoms with Crippen molar-refractivity contribution in [2.24, 2.45) is 0 Å². The fourth-order valence-corrected chi connectivity index (χ4v) is 4.08. The van der Waals surface area contributed by atoms with Crippen molar-refractivity contribution in [3.8, 4) is 24.2 Å². The third kappa shape index (κ3) is 6.92. The van der Waals surface area contributed by atoms with Gasteiger partial charge in [0.1, 0.15) is 24.2 Å². The highest BCUT2D eigenvalue weighted by atomic mass is 16.5. The Kier molecular flexibility index (Phi) is 9.14. The smallest absolute Gasteiger partial charge is 0.248 e. The highest BCUT2D eigenvalue weighted by Crippen LogP contribution is 2.37. The molecule has 1 aliphatic rings. The maximum Gasteiger partial charge on any atom is 0.248 e. The molecule has 4 rings (SSSR count).